The number of benzene rings is 1. The third-order valence-electron chi connectivity index (χ3n) is 1.80. The molecule has 0 bridgehead atoms. The van der Waals surface area contributed by atoms with E-state index in [1.807, 2.05) is 12.1 Å². The topological polar surface area (TPSA) is 50.9 Å². The molecule has 0 saturated carbocycles. The minimum Gasteiger partial charge on any atom is -0.508 e. The second-order valence-electron chi connectivity index (χ2n) is 2.73. The lowest BCUT2D eigenvalue weighted by Gasteiger charge is -2.02. The fourth-order valence-electron chi connectivity index (χ4n) is 1.14. The molecule has 13 heavy (non-hydrogen) atoms. The summed E-state index contributed by atoms with van der Waals surface area (Å²) in [6.07, 6.45) is 3.37. The van der Waals surface area contributed by atoms with Gasteiger partial charge in [0, 0.05) is 11.8 Å². The quantitative estimate of drug-likeness (QED) is 0.741. The van der Waals surface area contributed by atoms with E-state index in [-0.39, 0.29) is 5.75 Å². The smallest absolute Gasteiger partial charge is 0.120 e. The fourth-order valence-corrected chi connectivity index (χ4v) is 1.14. The first-order valence-electron chi connectivity index (χ1n) is 3.97. The van der Waals surface area contributed by atoms with E-state index in [4.69, 9.17) is 0 Å². The molecule has 0 aliphatic carbocycles. The van der Waals surface area contributed by atoms with Crippen molar-refractivity contribution in [2.75, 3.05) is 0 Å². The van der Waals surface area contributed by atoms with Crippen molar-refractivity contribution in [2.24, 2.45) is 0 Å². The van der Waals surface area contributed by atoms with Crippen molar-refractivity contribution in [2.45, 2.75) is 6.54 Å². The van der Waals surface area contributed by atoms with E-state index < -0.39 is 0 Å². The van der Waals surface area contributed by atoms with Crippen LogP contribution in [0.3, 0.4) is 0 Å². The normalized spacial score (nSPS) is 10.2. The van der Waals surface area contributed by atoms with Crippen LogP contribution in [0.1, 0.15) is 5.56 Å². The Kier molecular flexibility index (Phi) is 1.96. The molecule has 0 saturated heterocycles. The van der Waals surface area contributed by atoms with Crippen molar-refractivity contribution in [3.05, 3.63) is 42.2 Å². The number of phenolic OH excluding ortho intramolecular Hbond substituents is 1. The van der Waals surface area contributed by atoms with Crippen LogP contribution in [0.15, 0.2) is 36.7 Å². The van der Waals surface area contributed by atoms with Crippen molar-refractivity contribution >= 4 is 0 Å². The van der Waals surface area contributed by atoms with E-state index in [2.05, 4.69) is 10.3 Å². The molecule has 0 atom stereocenters. The van der Waals surface area contributed by atoms with Crippen LogP contribution < -0.4 is 0 Å². The highest BCUT2D eigenvalue weighted by Crippen LogP contribution is 2.15. The largest absolute Gasteiger partial charge is 0.508 e. The number of hydrogen-bond donors (Lipinski definition) is 1. The van der Waals surface area contributed by atoms with Crippen molar-refractivity contribution < 1.29 is 5.11 Å². The molecule has 2 aromatic rings. The van der Waals surface area contributed by atoms with Gasteiger partial charge in [0.2, 0.25) is 0 Å². The minimum absolute atomic E-state index is 0.290. The van der Waals surface area contributed by atoms with Gasteiger partial charge in [-0.3, -0.25) is 0 Å². The maximum absolute atomic E-state index is 9.45. The zero-order valence-corrected chi connectivity index (χ0v) is 6.96. The van der Waals surface area contributed by atoms with E-state index in [9.17, 15) is 5.11 Å². The zero-order chi connectivity index (χ0) is 9.10. The molecular weight excluding hydrogens is 166 g/mol. The Morgan fingerprint density at radius 1 is 1.31 bits per heavy atom. The number of aromatic hydroxyl groups is 1. The van der Waals surface area contributed by atoms with Gasteiger partial charge in [-0.2, -0.15) is 0 Å². The lowest BCUT2D eigenvalue weighted by atomic mass is 10.2. The Labute approximate surface area is 75.4 Å². The fraction of sp³-hybridized carbons (Fsp3) is 0.111. The molecule has 2 rings (SSSR count). The van der Waals surface area contributed by atoms with Crippen molar-refractivity contribution in [1.29, 1.82) is 0 Å². The summed E-state index contributed by atoms with van der Waals surface area (Å²) < 4.78 is 1.66. The second kappa shape index (κ2) is 3.26. The van der Waals surface area contributed by atoms with Crippen molar-refractivity contribution in [3.8, 4) is 5.75 Å². The molecule has 1 N–H and O–H groups in total. The molecule has 4 heteroatoms. The van der Waals surface area contributed by atoms with Crippen LogP contribution in [0.5, 0.6) is 5.75 Å². The summed E-state index contributed by atoms with van der Waals surface area (Å²) in [5, 5.41) is 16.9. The van der Waals surface area contributed by atoms with Gasteiger partial charge >= 0.3 is 0 Å². The third-order valence-corrected chi connectivity index (χ3v) is 1.80. The molecule has 0 spiro atoms. The highest BCUT2D eigenvalue weighted by atomic mass is 16.3. The van der Waals surface area contributed by atoms with E-state index in [1.54, 1.807) is 29.2 Å². The third kappa shape index (κ3) is 1.66. The van der Waals surface area contributed by atoms with Crippen molar-refractivity contribution in [3.63, 3.8) is 0 Å². The van der Waals surface area contributed by atoms with Gasteiger partial charge in [-0.05, 0) is 6.07 Å². The summed E-state index contributed by atoms with van der Waals surface area (Å²) in [4.78, 5) is 0. The monoisotopic (exact) mass is 175 g/mol. The van der Waals surface area contributed by atoms with Gasteiger partial charge in [0.1, 0.15) is 5.75 Å². The summed E-state index contributed by atoms with van der Waals surface area (Å²) in [5.74, 6) is 0.290. The highest BCUT2D eigenvalue weighted by molar-refractivity contribution is 5.31. The molecule has 0 fully saturated rings. The maximum atomic E-state index is 9.45. The standard InChI is InChI=1S/C9H9N3O/c13-9-4-2-1-3-8(9)7-12-6-5-10-11-12/h1-6,13H,7H2. The summed E-state index contributed by atoms with van der Waals surface area (Å²) in [7, 11) is 0. The number of aromatic nitrogens is 3. The SMILES string of the molecule is Oc1ccccc1Cn1ccnn1. The molecular formula is C9H9N3O. The van der Waals surface area contributed by atoms with Gasteiger partial charge in [0.25, 0.3) is 0 Å². The second-order valence-corrected chi connectivity index (χ2v) is 2.73. The number of phenols is 1. The zero-order valence-electron chi connectivity index (χ0n) is 6.96. The summed E-state index contributed by atoms with van der Waals surface area (Å²) in [6.45, 7) is 0.548. The van der Waals surface area contributed by atoms with Crippen LogP contribution in [0.25, 0.3) is 0 Å². The number of para-hydroxylation sites is 1. The molecule has 1 heterocycles. The lowest BCUT2D eigenvalue weighted by Crippen LogP contribution is -2.00. The first-order chi connectivity index (χ1) is 6.36. The van der Waals surface area contributed by atoms with E-state index >= 15 is 0 Å². The molecule has 66 valence electrons. The van der Waals surface area contributed by atoms with Crippen LogP contribution in [0.4, 0.5) is 0 Å². The Balaban J connectivity index is 2.24. The molecule has 0 radical (unpaired) electrons. The first kappa shape index (κ1) is 7.79. The van der Waals surface area contributed by atoms with E-state index in [1.165, 1.54) is 0 Å². The van der Waals surface area contributed by atoms with Gasteiger partial charge in [-0.15, -0.1) is 5.10 Å². The Morgan fingerprint density at radius 3 is 2.85 bits per heavy atom. The average molecular weight is 175 g/mol. The summed E-state index contributed by atoms with van der Waals surface area (Å²) >= 11 is 0. The molecule has 0 aliphatic rings. The molecule has 0 unspecified atom stereocenters. The molecule has 1 aromatic heterocycles. The predicted molar refractivity (Wildman–Crippen MR) is 47.2 cm³/mol. The Hall–Kier alpha value is -1.84. The van der Waals surface area contributed by atoms with Gasteiger partial charge in [0.05, 0.1) is 12.7 Å². The van der Waals surface area contributed by atoms with Gasteiger partial charge in [0.15, 0.2) is 0 Å². The van der Waals surface area contributed by atoms with Crippen LogP contribution in [0.2, 0.25) is 0 Å². The number of hydrogen-bond acceptors (Lipinski definition) is 3. The van der Waals surface area contributed by atoms with E-state index in [0.717, 1.165) is 5.56 Å². The van der Waals surface area contributed by atoms with Crippen LogP contribution >= 0.6 is 0 Å². The molecule has 0 aliphatic heterocycles. The summed E-state index contributed by atoms with van der Waals surface area (Å²) in [6, 6.07) is 7.19. The number of rotatable bonds is 2. The Morgan fingerprint density at radius 2 is 2.15 bits per heavy atom. The Bertz CT molecular complexity index is 384. The van der Waals surface area contributed by atoms with Crippen LogP contribution in [-0.2, 0) is 6.54 Å². The number of nitrogens with zero attached hydrogens (tertiary/aromatic N) is 3. The molecule has 4 nitrogen and oxygen atoms in total. The molecule has 0 amide bonds. The predicted octanol–water partition coefficient (Wildman–Crippen LogP) is 1.03. The van der Waals surface area contributed by atoms with E-state index in [0.29, 0.717) is 6.54 Å². The van der Waals surface area contributed by atoms with Gasteiger partial charge in [-0.25, -0.2) is 4.68 Å². The highest BCUT2D eigenvalue weighted by Gasteiger charge is 1.99. The maximum Gasteiger partial charge on any atom is 0.120 e. The molecule has 1 aromatic carbocycles. The van der Waals surface area contributed by atoms with Gasteiger partial charge < -0.3 is 5.11 Å². The summed E-state index contributed by atoms with van der Waals surface area (Å²) in [5.41, 5.74) is 0.841. The average Bonchev–Trinajstić information content (AvgIpc) is 2.61. The first-order valence-corrected chi connectivity index (χ1v) is 3.97. The van der Waals surface area contributed by atoms with Crippen LogP contribution in [0, 0.1) is 0 Å². The van der Waals surface area contributed by atoms with Crippen molar-refractivity contribution in [1.82, 2.24) is 15.0 Å². The lowest BCUT2D eigenvalue weighted by molar-refractivity contribution is 0.463. The van der Waals surface area contributed by atoms with Crippen LogP contribution in [-0.4, -0.2) is 20.1 Å². The van der Waals surface area contributed by atoms with Gasteiger partial charge in [-0.1, -0.05) is 23.4 Å². The minimum atomic E-state index is 0.290.